The van der Waals surface area contributed by atoms with Crippen molar-refractivity contribution in [3.63, 3.8) is 0 Å². The van der Waals surface area contributed by atoms with Crippen LogP contribution >= 0.6 is 0 Å². The van der Waals surface area contributed by atoms with E-state index in [1.165, 1.54) is 11.1 Å². The first-order valence-corrected chi connectivity index (χ1v) is 6.52. The summed E-state index contributed by atoms with van der Waals surface area (Å²) < 4.78 is 6.93. The highest BCUT2D eigenvalue weighted by Gasteiger charge is 2.04. The van der Waals surface area contributed by atoms with E-state index in [4.69, 9.17) is 4.74 Å². The molecule has 0 aliphatic heterocycles. The molecule has 1 heterocycles. The number of methoxy groups -OCH3 is 1. The Balaban J connectivity index is 2.04. The molecule has 19 heavy (non-hydrogen) atoms. The van der Waals surface area contributed by atoms with Gasteiger partial charge in [0.2, 0.25) is 0 Å². The van der Waals surface area contributed by atoms with E-state index in [2.05, 4.69) is 42.5 Å². The molecule has 0 spiro atoms. The molecule has 0 aliphatic rings. The van der Waals surface area contributed by atoms with Gasteiger partial charge in [-0.15, -0.1) is 0 Å². The van der Waals surface area contributed by atoms with Crippen molar-refractivity contribution in [1.82, 2.24) is 15.1 Å². The van der Waals surface area contributed by atoms with Gasteiger partial charge in [0.15, 0.2) is 0 Å². The van der Waals surface area contributed by atoms with Crippen molar-refractivity contribution in [2.75, 3.05) is 20.3 Å². The van der Waals surface area contributed by atoms with E-state index in [1.807, 2.05) is 16.9 Å². The molecule has 0 unspecified atom stereocenters. The number of benzene rings is 1. The Bertz CT molecular complexity index is 534. The van der Waals surface area contributed by atoms with E-state index in [0.717, 1.165) is 31.1 Å². The van der Waals surface area contributed by atoms with Gasteiger partial charge in [-0.05, 0) is 31.5 Å². The van der Waals surface area contributed by atoms with Gasteiger partial charge in [-0.1, -0.05) is 17.7 Å². The molecule has 0 aliphatic carbocycles. The van der Waals surface area contributed by atoms with Crippen LogP contribution in [0, 0.1) is 13.8 Å². The minimum Gasteiger partial charge on any atom is -0.383 e. The Morgan fingerprint density at radius 3 is 2.84 bits per heavy atom. The summed E-state index contributed by atoms with van der Waals surface area (Å²) in [5, 5.41) is 7.87. The summed E-state index contributed by atoms with van der Waals surface area (Å²) in [6.07, 6.45) is 2.00. The van der Waals surface area contributed by atoms with E-state index in [-0.39, 0.29) is 0 Å². The second-order valence-corrected chi connectivity index (χ2v) is 4.71. The van der Waals surface area contributed by atoms with Crippen molar-refractivity contribution in [3.8, 4) is 5.69 Å². The normalized spacial score (nSPS) is 10.9. The zero-order valence-corrected chi connectivity index (χ0v) is 11.8. The third-order valence-corrected chi connectivity index (χ3v) is 3.03. The van der Waals surface area contributed by atoms with E-state index >= 15 is 0 Å². The van der Waals surface area contributed by atoms with Crippen LogP contribution in [0.5, 0.6) is 0 Å². The van der Waals surface area contributed by atoms with Gasteiger partial charge in [-0.3, -0.25) is 0 Å². The fourth-order valence-corrected chi connectivity index (χ4v) is 2.04. The van der Waals surface area contributed by atoms with Gasteiger partial charge in [0.1, 0.15) is 0 Å². The molecule has 4 heteroatoms. The van der Waals surface area contributed by atoms with Crippen molar-refractivity contribution >= 4 is 0 Å². The summed E-state index contributed by atoms with van der Waals surface area (Å²) in [6.45, 7) is 6.54. The highest BCUT2D eigenvalue weighted by molar-refractivity contribution is 5.41. The molecule has 0 amide bonds. The molecular formula is C15H21N3O. The SMILES string of the molecule is COCCNCc1ccn(-c2ccc(C)cc2C)n1. The van der Waals surface area contributed by atoms with Crippen LogP contribution in [0.3, 0.4) is 0 Å². The van der Waals surface area contributed by atoms with Crippen molar-refractivity contribution in [2.24, 2.45) is 0 Å². The van der Waals surface area contributed by atoms with Crippen LogP contribution in [0.2, 0.25) is 0 Å². The summed E-state index contributed by atoms with van der Waals surface area (Å²) in [4.78, 5) is 0. The van der Waals surface area contributed by atoms with E-state index in [1.54, 1.807) is 7.11 Å². The lowest BCUT2D eigenvalue weighted by Gasteiger charge is -2.06. The number of nitrogens with one attached hydrogen (secondary N) is 1. The quantitative estimate of drug-likeness (QED) is 0.809. The highest BCUT2D eigenvalue weighted by atomic mass is 16.5. The Labute approximate surface area is 114 Å². The first kappa shape index (κ1) is 13.8. The molecule has 1 aromatic heterocycles. The summed E-state index contributed by atoms with van der Waals surface area (Å²) in [6, 6.07) is 8.44. The van der Waals surface area contributed by atoms with Gasteiger partial charge in [-0.2, -0.15) is 5.10 Å². The molecule has 0 saturated heterocycles. The van der Waals surface area contributed by atoms with Crippen LogP contribution in [0.1, 0.15) is 16.8 Å². The molecule has 0 fully saturated rings. The zero-order chi connectivity index (χ0) is 13.7. The predicted octanol–water partition coefficient (Wildman–Crippen LogP) is 2.23. The molecular weight excluding hydrogens is 238 g/mol. The van der Waals surface area contributed by atoms with Crippen molar-refractivity contribution in [1.29, 1.82) is 0 Å². The van der Waals surface area contributed by atoms with Crippen molar-refractivity contribution in [3.05, 3.63) is 47.3 Å². The third-order valence-electron chi connectivity index (χ3n) is 3.03. The van der Waals surface area contributed by atoms with E-state index in [9.17, 15) is 0 Å². The van der Waals surface area contributed by atoms with Gasteiger partial charge in [-0.25, -0.2) is 4.68 Å². The van der Waals surface area contributed by atoms with E-state index in [0.29, 0.717) is 0 Å². The molecule has 0 atom stereocenters. The Hall–Kier alpha value is -1.65. The molecule has 0 saturated carbocycles. The fraction of sp³-hybridized carbons (Fsp3) is 0.400. The predicted molar refractivity (Wildman–Crippen MR) is 76.6 cm³/mol. The lowest BCUT2D eigenvalue weighted by Crippen LogP contribution is -2.18. The maximum absolute atomic E-state index is 4.99. The number of nitrogens with zero attached hydrogens (tertiary/aromatic N) is 2. The largest absolute Gasteiger partial charge is 0.383 e. The van der Waals surface area contributed by atoms with Crippen LogP contribution in [-0.2, 0) is 11.3 Å². The first-order valence-electron chi connectivity index (χ1n) is 6.52. The number of aryl methyl sites for hydroxylation is 2. The van der Waals surface area contributed by atoms with Gasteiger partial charge in [0, 0.05) is 26.4 Å². The molecule has 4 nitrogen and oxygen atoms in total. The monoisotopic (exact) mass is 259 g/mol. The number of aromatic nitrogens is 2. The fourth-order valence-electron chi connectivity index (χ4n) is 2.04. The molecule has 1 N–H and O–H groups in total. The molecule has 2 aromatic rings. The summed E-state index contributed by atoms with van der Waals surface area (Å²) >= 11 is 0. The lowest BCUT2D eigenvalue weighted by atomic mass is 10.1. The first-order chi connectivity index (χ1) is 9.20. The van der Waals surface area contributed by atoms with Gasteiger partial charge < -0.3 is 10.1 Å². The Morgan fingerprint density at radius 1 is 1.26 bits per heavy atom. The van der Waals surface area contributed by atoms with Crippen LogP contribution in [0.4, 0.5) is 0 Å². The number of hydrogen-bond acceptors (Lipinski definition) is 3. The standard InChI is InChI=1S/C15H21N3O/c1-12-4-5-15(13(2)10-12)18-8-6-14(17-18)11-16-7-9-19-3/h4-6,8,10,16H,7,9,11H2,1-3H3. The molecule has 0 radical (unpaired) electrons. The highest BCUT2D eigenvalue weighted by Crippen LogP contribution is 2.15. The summed E-state index contributed by atoms with van der Waals surface area (Å²) in [5.74, 6) is 0. The van der Waals surface area contributed by atoms with Crippen molar-refractivity contribution in [2.45, 2.75) is 20.4 Å². The van der Waals surface area contributed by atoms with E-state index < -0.39 is 0 Å². The lowest BCUT2D eigenvalue weighted by molar-refractivity contribution is 0.199. The number of ether oxygens (including phenoxy) is 1. The zero-order valence-electron chi connectivity index (χ0n) is 11.8. The Morgan fingerprint density at radius 2 is 2.11 bits per heavy atom. The van der Waals surface area contributed by atoms with Gasteiger partial charge in [0.25, 0.3) is 0 Å². The minimum atomic E-state index is 0.720. The number of hydrogen-bond donors (Lipinski definition) is 1. The molecule has 0 bridgehead atoms. The minimum absolute atomic E-state index is 0.720. The number of rotatable bonds is 6. The topological polar surface area (TPSA) is 39.1 Å². The molecule has 102 valence electrons. The third kappa shape index (κ3) is 3.66. The van der Waals surface area contributed by atoms with Crippen molar-refractivity contribution < 1.29 is 4.74 Å². The second kappa shape index (κ2) is 6.50. The average molecular weight is 259 g/mol. The maximum atomic E-state index is 4.99. The summed E-state index contributed by atoms with van der Waals surface area (Å²) in [5.41, 5.74) is 4.68. The van der Waals surface area contributed by atoms with Crippen LogP contribution in [-0.4, -0.2) is 30.0 Å². The maximum Gasteiger partial charge on any atom is 0.0766 e. The average Bonchev–Trinajstić information content (AvgIpc) is 2.83. The smallest absolute Gasteiger partial charge is 0.0766 e. The Kier molecular flexibility index (Phi) is 4.71. The van der Waals surface area contributed by atoms with Gasteiger partial charge >= 0.3 is 0 Å². The summed E-state index contributed by atoms with van der Waals surface area (Å²) in [7, 11) is 1.70. The van der Waals surface area contributed by atoms with Crippen LogP contribution in [0.25, 0.3) is 5.69 Å². The van der Waals surface area contributed by atoms with Crippen LogP contribution in [0.15, 0.2) is 30.5 Å². The molecule has 2 rings (SSSR count). The second-order valence-electron chi connectivity index (χ2n) is 4.71. The molecule has 1 aromatic carbocycles. The van der Waals surface area contributed by atoms with Gasteiger partial charge in [0.05, 0.1) is 18.0 Å². The van der Waals surface area contributed by atoms with Crippen LogP contribution < -0.4 is 5.32 Å².